The molecule has 27 heavy (non-hydrogen) atoms. The van der Waals surface area contributed by atoms with Crippen LogP contribution in [0.15, 0.2) is 27.9 Å². The van der Waals surface area contributed by atoms with Crippen LogP contribution in [0.25, 0.3) is 0 Å². The van der Waals surface area contributed by atoms with Gasteiger partial charge in [0.1, 0.15) is 5.75 Å². The van der Waals surface area contributed by atoms with E-state index in [0.29, 0.717) is 36.3 Å². The number of hydrogen-bond donors (Lipinski definition) is 3. The van der Waals surface area contributed by atoms with Crippen LogP contribution >= 0.6 is 27.5 Å². The van der Waals surface area contributed by atoms with Gasteiger partial charge in [0, 0.05) is 23.1 Å². The number of phenolic OH excluding ortho intramolecular Hbond substituents is 1. The monoisotopic (exact) mass is 459 g/mol. The van der Waals surface area contributed by atoms with E-state index in [2.05, 4.69) is 36.4 Å². The lowest BCUT2D eigenvalue weighted by Crippen LogP contribution is -2.37. The van der Waals surface area contributed by atoms with Gasteiger partial charge in [-0.05, 0) is 12.1 Å². The Balaban J connectivity index is 1.72. The molecule has 3 rings (SSSR count). The molecule has 0 aliphatic carbocycles. The van der Waals surface area contributed by atoms with Gasteiger partial charge in [0.25, 0.3) is 0 Å². The van der Waals surface area contributed by atoms with Crippen molar-refractivity contribution in [2.75, 3.05) is 31.2 Å². The number of ether oxygens (including phenoxy) is 1. The Kier molecular flexibility index (Phi) is 6.42. The van der Waals surface area contributed by atoms with Crippen LogP contribution in [0.4, 0.5) is 10.2 Å². The first-order chi connectivity index (χ1) is 13.0. The Hall–Kier alpha value is -2.01. The highest BCUT2D eigenvalue weighted by molar-refractivity contribution is 9.10. The van der Waals surface area contributed by atoms with Gasteiger partial charge in [-0.1, -0.05) is 27.5 Å². The van der Waals surface area contributed by atoms with Gasteiger partial charge in [0.05, 0.1) is 30.6 Å². The molecule has 144 valence electrons. The summed E-state index contributed by atoms with van der Waals surface area (Å²) in [5.74, 6) is -0.659. The second-order valence-electron chi connectivity index (χ2n) is 5.61. The predicted octanol–water partition coefficient (Wildman–Crippen LogP) is 2.19. The molecule has 3 N–H and O–H groups in total. The average Bonchev–Trinajstić information content (AvgIpc) is 2.66. The van der Waals surface area contributed by atoms with Crippen LogP contribution in [0, 0.1) is 5.82 Å². The molecular formula is C16H16BrClFN5O3. The van der Waals surface area contributed by atoms with E-state index in [4.69, 9.17) is 16.3 Å². The molecule has 2 heterocycles. The Bertz CT molecular complexity index is 851. The maximum Gasteiger partial charge on any atom is 0.200 e. The van der Waals surface area contributed by atoms with Gasteiger partial charge in [-0.3, -0.25) is 5.43 Å². The normalized spacial score (nSPS) is 15.9. The Morgan fingerprint density at radius 2 is 2.15 bits per heavy atom. The number of nitrogens with zero attached hydrogens (tertiary/aromatic N) is 4. The van der Waals surface area contributed by atoms with Crippen molar-refractivity contribution in [1.29, 1.82) is 0 Å². The average molecular weight is 461 g/mol. The Morgan fingerprint density at radius 1 is 1.41 bits per heavy atom. The van der Waals surface area contributed by atoms with Crippen LogP contribution < -0.4 is 10.3 Å². The van der Waals surface area contributed by atoms with Crippen LogP contribution in [0.1, 0.15) is 17.6 Å². The predicted molar refractivity (Wildman–Crippen MR) is 102 cm³/mol. The molecule has 1 atom stereocenters. The van der Waals surface area contributed by atoms with Gasteiger partial charge in [0.2, 0.25) is 6.23 Å². The van der Waals surface area contributed by atoms with E-state index in [-0.39, 0.29) is 22.4 Å². The summed E-state index contributed by atoms with van der Waals surface area (Å²) in [5, 5.41) is 24.1. The van der Waals surface area contributed by atoms with Crippen LogP contribution in [-0.2, 0) is 4.74 Å². The van der Waals surface area contributed by atoms with E-state index in [1.54, 1.807) is 11.0 Å². The number of anilines is 1. The molecule has 11 heteroatoms. The molecule has 1 aromatic carbocycles. The largest absolute Gasteiger partial charge is 0.506 e. The number of benzene rings is 1. The molecule has 0 radical (unpaired) electrons. The minimum atomic E-state index is -1.37. The molecule has 0 spiro atoms. The number of phenols is 1. The number of aliphatic hydroxyl groups excluding tert-OH is 1. The van der Waals surface area contributed by atoms with Crippen molar-refractivity contribution in [2.45, 2.75) is 6.23 Å². The smallest absolute Gasteiger partial charge is 0.200 e. The lowest BCUT2D eigenvalue weighted by molar-refractivity contribution is 0.121. The van der Waals surface area contributed by atoms with E-state index < -0.39 is 12.0 Å². The second kappa shape index (κ2) is 8.79. The number of rotatable bonds is 5. The van der Waals surface area contributed by atoms with Crippen molar-refractivity contribution in [3.8, 4) is 5.75 Å². The third kappa shape index (κ3) is 4.83. The highest BCUT2D eigenvalue weighted by Gasteiger charge is 2.20. The maximum absolute atomic E-state index is 14.0. The van der Waals surface area contributed by atoms with Crippen molar-refractivity contribution >= 4 is 39.6 Å². The number of halogens is 3. The summed E-state index contributed by atoms with van der Waals surface area (Å²) >= 11 is 9.14. The number of aliphatic hydroxyl groups is 1. The van der Waals surface area contributed by atoms with E-state index in [9.17, 15) is 14.6 Å². The van der Waals surface area contributed by atoms with E-state index >= 15 is 0 Å². The lowest BCUT2D eigenvalue weighted by atomic mass is 10.2. The molecule has 2 aromatic rings. The summed E-state index contributed by atoms with van der Waals surface area (Å²) < 4.78 is 19.9. The van der Waals surface area contributed by atoms with Crippen LogP contribution in [0.5, 0.6) is 5.75 Å². The van der Waals surface area contributed by atoms with Crippen LogP contribution in [0.3, 0.4) is 0 Å². The third-order valence-electron chi connectivity index (χ3n) is 3.76. The first-order valence-electron chi connectivity index (χ1n) is 7.95. The number of morpholine rings is 1. The van der Waals surface area contributed by atoms with Crippen LogP contribution in [0.2, 0.25) is 5.02 Å². The zero-order valence-corrected chi connectivity index (χ0v) is 16.3. The molecule has 0 amide bonds. The number of nitrogens with one attached hydrogen (secondary N) is 1. The number of hydrazone groups is 1. The molecular weight excluding hydrogens is 445 g/mol. The SMILES string of the molecule is Oc1c(Cl)cc(Br)cc1/C=N/NC(O)c1ncc(F)c(N2CCOCC2)n1. The van der Waals surface area contributed by atoms with Crippen molar-refractivity contribution in [3.63, 3.8) is 0 Å². The van der Waals surface area contributed by atoms with E-state index in [1.807, 2.05) is 0 Å². The van der Waals surface area contributed by atoms with Crippen molar-refractivity contribution in [2.24, 2.45) is 5.10 Å². The molecule has 1 unspecified atom stereocenters. The first-order valence-corrected chi connectivity index (χ1v) is 9.12. The summed E-state index contributed by atoms with van der Waals surface area (Å²) in [7, 11) is 0. The van der Waals surface area contributed by atoms with E-state index in [0.717, 1.165) is 6.20 Å². The Labute approximate surface area is 167 Å². The van der Waals surface area contributed by atoms with Gasteiger partial charge in [-0.25, -0.2) is 14.4 Å². The quantitative estimate of drug-likeness (QED) is 0.357. The fraction of sp³-hybridized carbons (Fsp3) is 0.312. The summed E-state index contributed by atoms with van der Waals surface area (Å²) in [5.41, 5.74) is 2.76. The molecule has 1 saturated heterocycles. The minimum absolute atomic E-state index is 0.0356. The summed E-state index contributed by atoms with van der Waals surface area (Å²) in [6.45, 7) is 1.95. The van der Waals surface area contributed by atoms with Gasteiger partial charge in [-0.2, -0.15) is 5.10 Å². The molecule has 0 bridgehead atoms. The summed E-state index contributed by atoms with van der Waals surface area (Å²) in [6, 6.07) is 3.14. The fourth-order valence-corrected chi connectivity index (χ4v) is 3.25. The Morgan fingerprint density at radius 3 is 2.89 bits per heavy atom. The van der Waals surface area contributed by atoms with Gasteiger partial charge >= 0.3 is 0 Å². The van der Waals surface area contributed by atoms with Crippen LogP contribution in [-0.4, -0.2) is 52.7 Å². The van der Waals surface area contributed by atoms with Crippen molar-refractivity contribution < 1.29 is 19.3 Å². The molecule has 1 fully saturated rings. The summed E-state index contributed by atoms with van der Waals surface area (Å²) in [6.07, 6.45) is 0.912. The number of aromatic hydroxyl groups is 1. The zero-order valence-electron chi connectivity index (χ0n) is 13.9. The molecule has 1 aliphatic rings. The zero-order chi connectivity index (χ0) is 19.4. The number of hydrogen-bond acceptors (Lipinski definition) is 8. The van der Waals surface area contributed by atoms with E-state index in [1.165, 1.54) is 12.3 Å². The van der Waals surface area contributed by atoms with Gasteiger partial charge < -0.3 is 19.8 Å². The molecule has 8 nitrogen and oxygen atoms in total. The number of aromatic nitrogens is 2. The van der Waals surface area contributed by atoms with Crippen molar-refractivity contribution in [1.82, 2.24) is 15.4 Å². The summed E-state index contributed by atoms with van der Waals surface area (Å²) in [4.78, 5) is 9.61. The molecule has 0 saturated carbocycles. The lowest BCUT2D eigenvalue weighted by Gasteiger charge is -2.28. The second-order valence-corrected chi connectivity index (χ2v) is 6.94. The highest BCUT2D eigenvalue weighted by Crippen LogP contribution is 2.30. The first kappa shape index (κ1) is 19.7. The van der Waals surface area contributed by atoms with Gasteiger partial charge in [0.15, 0.2) is 17.5 Å². The standard InChI is InChI=1S/C16H16BrClFN5O3/c17-10-5-9(13(25)11(18)6-10)7-21-23-16(26)14-20-8-12(19)15(22-14)24-1-3-27-4-2-24/h5-8,16,23,25-26H,1-4H2/b21-7+. The molecule has 1 aromatic heterocycles. The van der Waals surface area contributed by atoms with Crippen molar-refractivity contribution in [3.05, 3.63) is 45.0 Å². The minimum Gasteiger partial charge on any atom is -0.506 e. The van der Waals surface area contributed by atoms with Gasteiger partial charge in [-0.15, -0.1) is 0 Å². The topological polar surface area (TPSA) is 103 Å². The third-order valence-corrected chi connectivity index (χ3v) is 4.50. The fourth-order valence-electron chi connectivity index (χ4n) is 2.42. The highest BCUT2D eigenvalue weighted by atomic mass is 79.9. The molecule has 1 aliphatic heterocycles. The maximum atomic E-state index is 14.0.